The molecule has 0 spiro atoms. The summed E-state index contributed by atoms with van der Waals surface area (Å²) >= 11 is 1.56. The van der Waals surface area contributed by atoms with Crippen LogP contribution in [0.2, 0.25) is 0 Å². The third-order valence-corrected chi connectivity index (χ3v) is 3.30. The van der Waals surface area contributed by atoms with Gasteiger partial charge in [0.05, 0.1) is 0 Å². The number of carboxylic acids is 1. The van der Waals surface area contributed by atoms with Gasteiger partial charge in [0.2, 0.25) is 0 Å². The molecule has 0 aliphatic heterocycles. The molecule has 2 aromatic heterocycles. The second kappa shape index (κ2) is 4.93. The molecule has 0 atom stereocenters. The van der Waals surface area contributed by atoms with Crippen LogP contribution in [0.5, 0.6) is 0 Å². The van der Waals surface area contributed by atoms with Crippen LogP contribution >= 0.6 is 11.3 Å². The number of hydrogen-bond donors (Lipinski definition) is 1. The molecule has 2 aromatic rings. The molecule has 0 bridgehead atoms. The van der Waals surface area contributed by atoms with Gasteiger partial charge in [-0.3, -0.25) is 4.98 Å². The first-order valence-electron chi connectivity index (χ1n) is 5.09. The molecule has 86 valence electrons. The molecule has 3 nitrogen and oxygen atoms in total. The summed E-state index contributed by atoms with van der Waals surface area (Å²) in [6, 6.07) is 7.86. The SMILES string of the molecule is Cc1cc(-c2ccc(/C=C/C(=O)O)s2)ccn1. The van der Waals surface area contributed by atoms with E-state index in [1.807, 2.05) is 31.2 Å². The quantitative estimate of drug-likeness (QED) is 0.845. The number of rotatable bonds is 3. The Kier molecular flexibility index (Phi) is 3.35. The lowest BCUT2D eigenvalue weighted by atomic mass is 10.2. The van der Waals surface area contributed by atoms with Crippen LogP contribution < -0.4 is 0 Å². The molecule has 0 saturated heterocycles. The van der Waals surface area contributed by atoms with Crippen LogP contribution in [-0.2, 0) is 4.79 Å². The lowest BCUT2D eigenvalue weighted by molar-refractivity contribution is -0.131. The number of aliphatic carboxylic acids is 1. The van der Waals surface area contributed by atoms with E-state index < -0.39 is 5.97 Å². The van der Waals surface area contributed by atoms with Crippen molar-refractivity contribution in [3.05, 3.63) is 47.1 Å². The van der Waals surface area contributed by atoms with Crippen LogP contribution in [-0.4, -0.2) is 16.1 Å². The van der Waals surface area contributed by atoms with Crippen molar-refractivity contribution in [2.45, 2.75) is 6.92 Å². The first-order valence-corrected chi connectivity index (χ1v) is 5.91. The van der Waals surface area contributed by atoms with Gasteiger partial charge in [-0.1, -0.05) is 0 Å². The number of aromatic nitrogens is 1. The Balaban J connectivity index is 2.27. The zero-order valence-corrected chi connectivity index (χ0v) is 10.1. The molecule has 0 amide bonds. The van der Waals surface area contributed by atoms with Gasteiger partial charge in [-0.2, -0.15) is 0 Å². The Labute approximate surface area is 103 Å². The second-order valence-corrected chi connectivity index (χ2v) is 4.67. The predicted octanol–water partition coefficient (Wildman–Crippen LogP) is 3.22. The smallest absolute Gasteiger partial charge is 0.328 e. The van der Waals surface area contributed by atoms with E-state index in [1.54, 1.807) is 23.6 Å². The van der Waals surface area contributed by atoms with Crippen LogP contribution in [0.25, 0.3) is 16.5 Å². The minimum Gasteiger partial charge on any atom is -0.478 e. The Morgan fingerprint density at radius 2 is 2.24 bits per heavy atom. The molecule has 0 aliphatic rings. The summed E-state index contributed by atoms with van der Waals surface area (Å²) in [4.78, 5) is 16.6. The Morgan fingerprint density at radius 1 is 1.41 bits per heavy atom. The predicted molar refractivity (Wildman–Crippen MR) is 69.0 cm³/mol. The maximum Gasteiger partial charge on any atom is 0.328 e. The van der Waals surface area contributed by atoms with E-state index in [9.17, 15) is 4.79 Å². The summed E-state index contributed by atoms with van der Waals surface area (Å²) in [7, 11) is 0. The average Bonchev–Trinajstić information content (AvgIpc) is 2.75. The van der Waals surface area contributed by atoms with Crippen LogP contribution in [0.4, 0.5) is 0 Å². The van der Waals surface area contributed by atoms with Crippen molar-refractivity contribution in [3.63, 3.8) is 0 Å². The van der Waals surface area contributed by atoms with Gasteiger partial charge < -0.3 is 5.11 Å². The summed E-state index contributed by atoms with van der Waals surface area (Å²) in [5, 5.41) is 8.54. The highest BCUT2D eigenvalue weighted by molar-refractivity contribution is 7.16. The van der Waals surface area contributed by atoms with E-state index in [1.165, 1.54) is 0 Å². The van der Waals surface area contributed by atoms with Gasteiger partial charge in [0.25, 0.3) is 0 Å². The summed E-state index contributed by atoms with van der Waals surface area (Å²) in [5.41, 5.74) is 2.08. The van der Waals surface area contributed by atoms with E-state index in [0.717, 1.165) is 27.1 Å². The molecule has 0 saturated carbocycles. The second-order valence-electron chi connectivity index (χ2n) is 3.56. The van der Waals surface area contributed by atoms with Crippen molar-refractivity contribution in [3.8, 4) is 10.4 Å². The number of hydrogen-bond acceptors (Lipinski definition) is 3. The number of pyridine rings is 1. The van der Waals surface area contributed by atoms with Gasteiger partial charge in [-0.25, -0.2) is 4.79 Å². The molecule has 4 heteroatoms. The topological polar surface area (TPSA) is 50.2 Å². The van der Waals surface area contributed by atoms with Crippen molar-refractivity contribution >= 4 is 23.4 Å². The highest BCUT2D eigenvalue weighted by atomic mass is 32.1. The molecule has 2 heterocycles. The van der Waals surface area contributed by atoms with Crippen LogP contribution in [0.1, 0.15) is 10.6 Å². The molecule has 0 fully saturated rings. The average molecular weight is 245 g/mol. The normalized spacial score (nSPS) is 10.9. The van der Waals surface area contributed by atoms with Gasteiger partial charge in [-0.05, 0) is 42.8 Å². The van der Waals surface area contributed by atoms with Crippen LogP contribution in [0.15, 0.2) is 36.5 Å². The van der Waals surface area contributed by atoms with Gasteiger partial charge in [0.1, 0.15) is 0 Å². The maximum absolute atomic E-state index is 10.4. The minimum atomic E-state index is -0.931. The van der Waals surface area contributed by atoms with Crippen molar-refractivity contribution in [2.24, 2.45) is 0 Å². The van der Waals surface area contributed by atoms with Gasteiger partial charge in [0.15, 0.2) is 0 Å². The van der Waals surface area contributed by atoms with Crippen molar-refractivity contribution in [2.75, 3.05) is 0 Å². The molecular formula is C13H11NO2S. The Hall–Kier alpha value is -1.94. The summed E-state index contributed by atoms with van der Waals surface area (Å²) in [5.74, 6) is -0.931. The fourth-order valence-electron chi connectivity index (χ4n) is 1.45. The largest absolute Gasteiger partial charge is 0.478 e. The number of nitrogens with zero attached hydrogens (tertiary/aromatic N) is 1. The lowest BCUT2D eigenvalue weighted by Gasteiger charge is -1.97. The van der Waals surface area contributed by atoms with Crippen LogP contribution in [0, 0.1) is 6.92 Å². The fraction of sp³-hybridized carbons (Fsp3) is 0.0769. The maximum atomic E-state index is 10.4. The zero-order valence-electron chi connectivity index (χ0n) is 9.25. The van der Waals surface area contributed by atoms with E-state index in [2.05, 4.69) is 4.98 Å². The molecule has 17 heavy (non-hydrogen) atoms. The van der Waals surface area contributed by atoms with Crippen LogP contribution in [0.3, 0.4) is 0 Å². The van der Waals surface area contributed by atoms with E-state index in [0.29, 0.717) is 0 Å². The molecule has 1 N–H and O–H groups in total. The lowest BCUT2D eigenvalue weighted by Crippen LogP contribution is -1.84. The summed E-state index contributed by atoms with van der Waals surface area (Å²) < 4.78 is 0. The summed E-state index contributed by atoms with van der Waals surface area (Å²) in [6.07, 6.45) is 4.52. The van der Waals surface area contributed by atoms with Crippen molar-refractivity contribution in [1.82, 2.24) is 4.98 Å². The molecular weight excluding hydrogens is 234 g/mol. The van der Waals surface area contributed by atoms with E-state index >= 15 is 0 Å². The monoisotopic (exact) mass is 245 g/mol. The highest BCUT2D eigenvalue weighted by Gasteiger charge is 2.01. The fourth-order valence-corrected chi connectivity index (χ4v) is 2.36. The van der Waals surface area contributed by atoms with Gasteiger partial charge in [-0.15, -0.1) is 11.3 Å². The van der Waals surface area contributed by atoms with E-state index in [4.69, 9.17) is 5.11 Å². The standard InChI is InChI=1S/C13H11NO2S/c1-9-8-10(6-7-14-9)12-4-2-11(17-12)3-5-13(15)16/h2-8H,1H3,(H,15,16)/b5-3+. The number of carboxylic acid groups (broad SMARTS) is 1. The third-order valence-electron chi connectivity index (χ3n) is 2.20. The first kappa shape index (κ1) is 11.5. The summed E-state index contributed by atoms with van der Waals surface area (Å²) in [6.45, 7) is 1.95. The number of aryl methyl sites for hydroxylation is 1. The molecule has 0 aliphatic carbocycles. The molecule has 2 rings (SSSR count). The van der Waals surface area contributed by atoms with Crippen molar-refractivity contribution in [1.29, 1.82) is 0 Å². The Bertz CT molecular complexity index is 572. The third kappa shape index (κ3) is 3.01. The van der Waals surface area contributed by atoms with E-state index in [-0.39, 0.29) is 0 Å². The zero-order chi connectivity index (χ0) is 12.3. The number of carbonyl (C=O) groups is 1. The van der Waals surface area contributed by atoms with Gasteiger partial charge in [0, 0.05) is 27.7 Å². The molecule has 0 unspecified atom stereocenters. The van der Waals surface area contributed by atoms with Gasteiger partial charge >= 0.3 is 5.97 Å². The Morgan fingerprint density at radius 3 is 2.94 bits per heavy atom. The van der Waals surface area contributed by atoms with Crippen molar-refractivity contribution < 1.29 is 9.90 Å². The minimum absolute atomic E-state index is 0.928. The molecule has 0 aromatic carbocycles. The highest BCUT2D eigenvalue weighted by Crippen LogP contribution is 2.28. The first-order chi connectivity index (χ1) is 8.15. The molecule has 0 radical (unpaired) electrons. The number of thiophene rings is 1.